The van der Waals surface area contributed by atoms with Crippen LogP contribution in [-0.4, -0.2) is 25.9 Å². The zero-order valence-corrected chi connectivity index (χ0v) is 12.2. The Labute approximate surface area is 121 Å². The Morgan fingerprint density at radius 1 is 1.45 bits per heavy atom. The first-order valence-corrected chi connectivity index (χ1v) is 7.33. The molecule has 1 aromatic carbocycles. The molecule has 1 atom stereocenters. The van der Waals surface area contributed by atoms with E-state index in [-0.39, 0.29) is 0 Å². The molecule has 1 saturated heterocycles. The SMILES string of the molecule is Cc1ccc(OCCCC2CCCO2)c(C#CCN)c1. The van der Waals surface area contributed by atoms with Gasteiger partial charge in [0.2, 0.25) is 0 Å². The molecule has 0 radical (unpaired) electrons. The van der Waals surface area contributed by atoms with E-state index in [0.717, 1.165) is 30.8 Å². The second-order valence-corrected chi connectivity index (χ2v) is 5.13. The standard InChI is InChI=1S/C17H23NO2/c1-14-8-9-17(15(13-14)5-2-10-18)20-12-4-7-16-6-3-11-19-16/h8-9,13,16H,3-4,6-7,10-12,18H2,1H3. The summed E-state index contributed by atoms with van der Waals surface area (Å²) in [5.41, 5.74) is 7.53. The van der Waals surface area contributed by atoms with Crippen LogP contribution in [0.15, 0.2) is 18.2 Å². The highest BCUT2D eigenvalue weighted by molar-refractivity contribution is 5.48. The molecule has 1 unspecified atom stereocenters. The molecule has 1 heterocycles. The van der Waals surface area contributed by atoms with E-state index in [1.165, 1.54) is 18.4 Å². The monoisotopic (exact) mass is 273 g/mol. The van der Waals surface area contributed by atoms with E-state index in [1.54, 1.807) is 0 Å². The van der Waals surface area contributed by atoms with Crippen LogP contribution in [0.3, 0.4) is 0 Å². The third kappa shape index (κ3) is 4.56. The van der Waals surface area contributed by atoms with Crippen molar-refractivity contribution in [3.8, 4) is 17.6 Å². The van der Waals surface area contributed by atoms with Gasteiger partial charge in [-0.3, -0.25) is 0 Å². The molecule has 0 aromatic heterocycles. The maximum atomic E-state index is 5.85. The number of hydrogen-bond donors (Lipinski definition) is 1. The minimum atomic E-state index is 0.367. The molecule has 108 valence electrons. The molecule has 1 fully saturated rings. The predicted octanol–water partition coefficient (Wildman–Crippen LogP) is 2.64. The van der Waals surface area contributed by atoms with E-state index in [2.05, 4.69) is 18.8 Å². The summed E-state index contributed by atoms with van der Waals surface area (Å²) in [5, 5.41) is 0. The fraction of sp³-hybridized carbons (Fsp3) is 0.529. The van der Waals surface area contributed by atoms with E-state index >= 15 is 0 Å². The van der Waals surface area contributed by atoms with Crippen LogP contribution in [0.4, 0.5) is 0 Å². The molecule has 2 rings (SSSR count). The van der Waals surface area contributed by atoms with Crippen molar-refractivity contribution in [3.63, 3.8) is 0 Å². The van der Waals surface area contributed by atoms with Gasteiger partial charge in [0.1, 0.15) is 5.75 Å². The highest BCUT2D eigenvalue weighted by Crippen LogP contribution is 2.21. The molecule has 1 aliphatic heterocycles. The van der Waals surface area contributed by atoms with Gasteiger partial charge in [-0.2, -0.15) is 0 Å². The van der Waals surface area contributed by atoms with Crippen molar-refractivity contribution in [2.45, 2.75) is 38.7 Å². The maximum Gasteiger partial charge on any atom is 0.134 e. The molecule has 0 saturated carbocycles. The van der Waals surface area contributed by atoms with Crippen LogP contribution in [0.2, 0.25) is 0 Å². The minimum Gasteiger partial charge on any atom is -0.492 e. The fourth-order valence-electron chi connectivity index (χ4n) is 2.38. The van der Waals surface area contributed by atoms with E-state index < -0.39 is 0 Å². The van der Waals surface area contributed by atoms with Crippen LogP contribution >= 0.6 is 0 Å². The highest BCUT2D eigenvalue weighted by Gasteiger charge is 2.14. The van der Waals surface area contributed by atoms with Crippen LogP contribution in [0.1, 0.15) is 36.8 Å². The Morgan fingerprint density at radius 2 is 2.35 bits per heavy atom. The van der Waals surface area contributed by atoms with Crippen LogP contribution in [0, 0.1) is 18.8 Å². The van der Waals surface area contributed by atoms with Crippen LogP contribution in [0.25, 0.3) is 0 Å². The highest BCUT2D eigenvalue weighted by atomic mass is 16.5. The lowest BCUT2D eigenvalue weighted by molar-refractivity contribution is 0.0981. The van der Waals surface area contributed by atoms with Crippen molar-refractivity contribution >= 4 is 0 Å². The summed E-state index contributed by atoms with van der Waals surface area (Å²) in [6, 6.07) is 6.07. The first-order chi connectivity index (χ1) is 9.79. The molecule has 0 bridgehead atoms. The number of rotatable bonds is 5. The van der Waals surface area contributed by atoms with E-state index in [4.69, 9.17) is 15.2 Å². The van der Waals surface area contributed by atoms with Gasteiger partial charge in [-0.05, 0) is 50.3 Å². The summed E-state index contributed by atoms with van der Waals surface area (Å²) < 4.78 is 11.5. The lowest BCUT2D eigenvalue weighted by atomic mass is 10.1. The van der Waals surface area contributed by atoms with E-state index in [0.29, 0.717) is 19.3 Å². The Kier molecular flexibility index (Phi) is 5.91. The van der Waals surface area contributed by atoms with Gasteiger partial charge >= 0.3 is 0 Å². The predicted molar refractivity (Wildman–Crippen MR) is 80.8 cm³/mol. The number of ether oxygens (including phenoxy) is 2. The Morgan fingerprint density at radius 3 is 3.10 bits per heavy atom. The summed E-state index contributed by atoms with van der Waals surface area (Å²) in [5.74, 6) is 6.81. The fourth-order valence-corrected chi connectivity index (χ4v) is 2.38. The van der Waals surface area contributed by atoms with Crippen LogP contribution in [0.5, 0.6) is 5.75 Å². The molecule has 2 N–H and O–H groups in total. The molecule has 1 aliphatic rings. The number of nitrogens with two attached hydrogens (primary N) is 1. The first-order valence-electron chi connectivity index (χ1n) is 7.33. The Bertz CT molecular complexity index is 481. The largest absolute Gasteiger partial charge is 0.492 e. The molecule has 0 aliphatic carbocycles. The van der Waals surface area contributed by atoms with Gasteiger partial charge in [-0.25, -0.2) is 0 Å². The number of hydrogen-bond acceptors (Lipinski definition) is 3. The summed E-state index contributed by atoms with van der Waals surface area (Å²) in [7, 11) is 0. The maximum absolute atomic E-state index is 5.85. The number of aryl methyl sites for hydroxylation is 1. The smallest absolute Gasteiger partial charge is 0.134 e. The third-order valence-corrected chi connectivity index (χ3v) is 3.41. The molecular formula is C17H23NO2. The summed E-state index contributed by atoms with van der Waals surface area (Å²) in [6.45, 7) is 4.05. The third-order valence-electron chi connectivity index (χ3n) is 3.41. The van der Waals surface area contributed by atoms with Gasteiger partial charge in [-0.15, -0.1) is 0 Å². The first kappa shape index (κ1) is 14.9. The van der Waals surface area contributed by atoms with E-state index in [9.17, 15) is 0 Å². The van der Waals surface area contributed by atoms with Gasteiger partial charge in [0.15, 0.2) is 0 Å². The van der Waals surface area contributed by atoms with Crippen molar-refractivity contribution < 1.29 is 9.47 Å². The zero-order chi connectivity index (χ0) is 14.2. The lowest BCUT2D eigenvalue weighted by Gasteiger charge is -2.11. The Balaban J connectivity index is 1.84. The van der Waals surface area contributed by atoms with Crippen molar-refractivity contribution in [1.29, 1.82) is 0 Å². The second-order valence-electron chi connectivity index (χ2n) is 5.13. The molecule has 3 nitrogen and oxygen atoms in total. The molecule has 20 heavy (non-hydrogen) atoms. The zero-order valence-electron chi connectivity index (χ0n) is 12.2. The number of benzene rings is 1. The minimum absolute atomic E-state index is 0.367. The van der Waals surface area contributed by atoms with Crippen molar-refractivity contribution in [3.05, 3.63) is 29.3 Å². The van der Waals surface area contributed by atoms with E-state index in [1.807, 2.05) is 18.2 Å². The van der Waals surface area contributed by atoms with Crippen LogP contribution in [-0.2, 0) is 4.74 Å². The van der Waals surface area contributed by atoms with Gasteiger partial charge in [0, 0.05) is 6.61 Å². The Hall–Kier alpha value is -1.50. The molecule has 0 spiro atoms. The molecule has 0 amide bonds. The molecule has 3 heteroatoms. The summed E-state index contributed by atoms with van der Waals surface area (Å²) >= 11 is 0. The van der Waals surface area contributed by atoms with Gasteiger partial charge in [-0.1, -0.05) is 17.9 Å². The summed E-state index contributed by atoms with van der Waals surface area (Å²) in [4.78, 5) is 0. The molecule has 1 aromatic rings. The van der Waals surface area contributed by atoms with Gasteiger partial charge in [0.25, 0.3) is 0 Å². The van der Waals surface area contributed by atoms with Gasteiger partial charge < -0.3 is 15.2 Å². The normalized spacial score (nSPS) is 17.6. The van der Waals surface area contributed by atoms with Crippen molar-refractivity contribution in [2.75, 3.05) is 19.8 Å². The topological polar surface area (TPSA) is 44.5 Å². The quantitative estimate of drug-likeness (QED) is 0.662. The van der Waals surface area contributed by atoms with Crippen molar-refractivity contribution in [2.24, 2.45) is 5.73 Å². The molecular weight excluding hydrogens is 250 g/mol. The summed E-state index contributed by atoms with van der Waals surface area (Å²) in [6.07, 6.45) is 4.92. The second kappa shape index (κ2) is 7.94. The van der Waals surface area contributed by atoms with Crippen LogP contribution < -0.4 is 10.5 Å². The average Bonchev–Trinajstić information content (AvgIpc) is 2.96. The van der Waals surface area contributed by atoms with Gasteiger partial charge in [0.05, 0.1) is 24.8 Å². The average molecular weight is 273 g/mol. The van der Waals surface area contributed by atoms with Crippen molar-refractivity contribution in [1.82, 2.24) is 0 Å². The lowest BCUT2D eigenvalue weighted by Crippen LogP contribution is -2.08.